The number of aliphatic hydroxyl groups excluding tert-OH is 1. The molecular formula is C11H23NO2. The average Bonchev–Trinajstić information content (AvgIpc) is 2.64. The maximum atomic E-state index is 9.23. The monoisotopic (exact) mass is 201 g/mol. The topological polar surface area (TPSA) is 41.5 Å². The summed E-state index contributed by atoms with van der Waals surface area (Å²) in [6, 6.07) is 0.155. The summed E-state index contributed by atoms with van der Waals surface area (Å²) in [4.78, 5) is 0. The standard InChI is InChI=1S/C11H23NO2/c1-9(10(2)13)12-7-8-14-11-5-3-4-6-11/h9-13H,3-8H2,1-2H3. The maximum absolute atomic E-state index is 9.23. The molecule has 0 saturated heterocycles. The van der Waals surface area contributed by atoms with Gasteiger partial charge in [0.15, 0.2) is 0 Å². The minimum Gasteiger partial charge on any atom is -0.392 e. The first kappa shape index (κ1) is 12.0. The van der Waals surface area contributed by atoms with E-state index < -0.39 is 0 Å². The molecule has 1 aliphatic carbocycles. The van der Waals surface area contributed by atoms with Crippen molar-refractivity contribution in [3.05, 3.63) is 0 Å². The van der Waals surface area contributed by atoms with Gasteiger partial charge in [-0.05, 0) is 26.7 Å². The fraction of sp³-hybridized carbons (Fsp3) is 1.00. The molecule has 0 aromatic heterocycles. The Hall–Kier alpha value is -0.120. The van der Waals surface area contributed by atoms with Crippen molar-refractivity contribution < 1.29 is 9.84 Å². The summed E-state index contributed by atoms with van der Waals surface area (Å²) >= 11 is 0. The molecule has 84 valence electrons. The fourth-order valence-corrected chi connectivity index (χ4v) is 1.74. The second kappa shape index (κ2) is 6.38. The van der Waals surface area contributed by atoms with E-state index in [1.54, 1.807) is 6.92 Å². The van der Waals surface area contributed by atoms with Gasteiger partial charge in [-0.1, -0.05) is 12.8 Å². The van der Waals surface area contributed by atoms with E-state index in [-0.39, 0.29) is 12.1 Å². The molecule has 14 heavy (non-hydrogen) atoms. The van der Waals surface area contributed by atoms with Gasteiger partial charge in [-0.2, -0.15) is 0 Å². The minimum atomic E-state index is -0.290. The van der Waals surface area contributed by atoms with Crippen LogP contribution < -0.4 is 5.32 Å². The van der Waals surface area contributed by atoms with Gasteiger partial charge in [-0.3, -0.25) is 0 Å². The molecule has 1 rings (SSSR count). The Balaban J connectivity index is 1.93. The fourth-order valence-electron chi connectivity index (χ4n) is 1.74. The number of ether oxygens (including phenoxy) is 1. The summed E-state index contributed by atoms with van der Waals surface area (Å²) in [5, 5.41) is 12.5. The van der Waals surface area contributed by atoms with Crippen LogP contribution in [-0.4, -0.2) is 36.5 Å². The number of aliphatic hydroxyl groups is 1. The van der Waals surface area contributed by atoms with Crippen molar-refractivity contribution in [2.45, 2.75) is 57.8 Å². The van der Waals surface area contributed by atoms with E-state index in [2.05, 4.69) is 5.32 Å². The summed E-state index contributed by atoms with van der Waals surface area (Å²) in [6.07, 6.45) is 5.31. The Morgan fingerprint density at radius 3 is 2.57 bits per heavy atom. The predicted molar refractivity (Wildman–Crippen MR) is 57.4 cm³/mol. The molecular weight excluding hydrogens is 178 g/mol. The third-order valence-corrected chi connectivity index (χ3v) is 2.95. The summed E-state index contributed by atoms with van der Waals surface area (Å²) in [7, 11) is 0. The van der Waals surface area contributed by atoms with Crippen molar-refractivity contribution in [1.29, 1.82) is 0 Å². The molecule has 0 aromatic carbocycles. The lowest BCUT2D eigenvalue weighted by molar-refractivity contribution is 0.0558. The summed E-state index contributed by atoms with van der Waals surface area (Å²) in [6.45, 7) is 5.39. The molecule has 3 heteroatoms. The number of hydrogen-bond donors (Lipinski definition) is 2. The SMILES string of the molecule is CC(O)C(C)NCCOC1CCCC1. The number of rotatable bonds is 6. The number of hydrogen-bond acceptors (Lipinski definition) is 3. The molecule has 1 fully saturated rings. The molecule has 2 atom stereocenters. The van der Waals surface area contributed by atoms with Gasteiger partial charge < -0.3 is 15.2 Å². The van der Waals surface area contributed by atoms with E-state index in [1.165, 1.54) is 25.7 Å². The molecule has 1 aliphatic rings. The third-order valence-electron chi connectivity index (χ3n) is 2.95. The zero-order valence-electron chi connectivity index (χ0n) is 9.33. The van der Waals surface area contributed by atoms with Gasteiger partial charge in [0.25, 0.3) is 0 Å². The average molecular weight is 201 g/mol. The van der Waals surface area contributed by atoms with Gasteiger partial charge in [0.05, 0.1) is 18.8 Å². The lowest BCUT2D eigenvalue weighted by atomic mass is 10.2. The van der Waals surface area contributed by atoms with Crippen molar-refractivity contribution >= 4 is 0 Å². The van der Waals surface area contributed by atoms with E-state index in [0.29, 0.717) is 6.10 Å². The quantitative estimate of drug-likeness (QED) is 0.637. The van der Waals surface area contributed by atoms with Crippen molar-refractivity contribution in [2.24, 2.45) is 0 Å². The first-order chi connectivity index (χ1) is 6.70. The predicted octanol–water partition coefficient (Wildman–Crippen LogP) is 1.30. The van der Waals surface area contributed by atoms with Crippen LogP contribution in [0.4, 0.5) is 0 Å². The van der Waals surface area contributed by atoms with Crippen LogP contribution in [0.25, 0.3) is 0 Å². The van der Waals surface area contributed by atoms with Crippen molar-refractivity contribution in [2.75, 3.05) is 13.2 Å². The molecule has 0 amide bonds. The molecule has 0 spiro atoms. The largest absolute Gasteiger partial charge is 0.392 e. The van der Waals surface area contributed by atoms with E-state index in [1.807, 2.05) is 6.92 Å². The smallest absolute Gasteiger partial charge is 0.0662 e. The molecule has 0 radical (unpaired) electrons. The molecule has 0 aliphatic heterocycles. The summed E-state index contributed by atoms with van der Waals surface area (Å²) in [5.74, 6) is 0. The Morgan fingerprint density at radius 1 is 1.36 bits per heavy atom. The molecule has 0 bridgehead atoms. The molecule has 3 nitrogen and oxygen atoms in total. The van der Waals surface area contributed by atoms with Crippen LogP contribution in [0.3, 0.4) is 0 Å². The highest BCUT2D eigenvalue weighted by atomic mass is 16.5. The van der Waals surface area contributed by atoms with E-state index in [9.17, 15) is 5.11 Å². The number of nitrogens with one attached hydrogen (secondary N) is 1. The molecule has 2 N–H and O–H groups in total. The Kier molecular flexibility index (Phi) is 5.45. The van der Waals surface area contributed by atoms with Gasteiger partial charge >= 0.3 is 0 Å². The van der Waals surface area contributed by atoms with Crippen molar-refractivity contribution in [3.63, 3.8) is 0 Å². The normalized spacial score (nSPS) is 22.5. The molecule has 0 heterocycles. The van der Waals surface area contributed by atoms with Crippen LogP contribution in [-0.2, 0) is 4.74 Å². The third kappa shape index (κ3) is 4.40. The van der Waals surface area contributed by atoms with E-state index in [0.717, 1.165) is 13.2 Å². The Bertz CT molecular complexity index is 140. The van der Waals surface area contributed by atoms with Gasteiger partial charge in [0, 0.05) is 12.6 Å². The van der Waals surface area contributed by atoms with Gasteiger partial charge in [-0.15, -0.1) is 0 Å². The maximum Gasteiger partial charge on any atom is 0.0662 e. The van der Waals surface area contributed by atoms with Crippen molar-refractivity contribution in [3.8, 4) is 0 Å². The lowest BCUT2D eigenvalue weighted by Crippen LogP contribution is -2.37. The summed E-state index contributed by atoms with van der Waals surface area (Å²) in [5.41, 5.74) is 0. The first-order valence-corrected chi connectivity index (χ1v) is 5.73. The van der Waals surface area contributed by atoms with Crippen LogP contribution in [0, 0.1) is 0 Å². The molecule has 1 saturated carbocycles. The van der Waals surface area contributed by atoms with Crippen LogP contribution in [0.5, 0.6) is 0 Å². The molecule has 0 aromatic rings. The highest BCUT2D eigenvalue weighted by Gasteiger charge is 2.15. The first-order valence-electron chi connectivity index (χ1n) is 5.73. The summed E-state index contributed by atoms with van der Waals surface area (Å²) < 4.78 is 5.69. The zero-order chi connectivity index (χ0) is 10.4. The van der Waals surface area contributed by atoms with Gasteiger partial charge in [0.2, 0.25) is 0 Å². The highest BCUT2D eigenvalue weighted by Crippen LogP contribution is 2.20. The zero-order valence-corrected chi connectivity index (χ0v) is 9.33. The van der Waals surface area contributed by atoms with Crippen molar-refractivity contribution in [1.82, 2.24) is 5.32 Å². The lowest BCUT2D eigenvalue weighted by Gasteiger charge is -2.17. The Morgan fingerprint density at radius 2 is 2.00 bits per heavy atom. The van der Waals surface area contributed by atoms with Gasteiger partial charge in [-0.25, -0.2) is 0 Å². The molecule has 2 unspecified atom stereocenters. The van der Waals surface area contributed by atoms with Crippen LogP contribution >= 0.6 is 0 Å². The minimum absolute atomic E-state index is 0.155. The van der Waals surface area contributed by atoms with Crippen LogP contribution in [0.2, 0.25) is 0 Å². The van der Waals surface area contributed by atoms with Crippen LogP contribution in [0.15, 0.2) is 0 Å². The van der Waals surface area contributed by atoms with Gasteiger partial charge in [0.1, 0.15) is 0 Å². The van der Waals surface area contributed by atoms with E-state index in [4.69, 9.17) is 4.74 Å². The van der Waals surface area contributed by atoms with Crippen LogP contribution in [0.1, 0.15) is 39.5 Å². The van der Waals surface area contributed by atoms with E-state index >= 15 is 0 Å². The second-order valence-corrected chi connectivity index (χ2v) is 4.26. The second-order valence-electron chi connectivity index (χ2n) is 4.26. The highest BCUT2D eigenvalue weighted by molar-refractivity contribution is 4.68. The Labute approximate surface area is 86.8 Å².